The number of carbonyl (C=O) groups excluding carboxylic acids is 1. The summed E-state index contributed by atoms with van der Waals surface area (Å²) in [6.45, 7) is 4.29. The number of aryl methyl sites for hydroxylation is 1. The lowest BCUT2D eigenvalue weighted by molar-refractivity contribution is 0.0526. The monoisotopic (exact) mass is 261 g/mol. The van der Waals surface area contributed by atoms with E-state index in [1.165, 1.54) is 0 Å². The van der Waals surface area contributed by atoms with E-state index in [1.54, 1.807) is 31.2 Å². The molecule has 0 amide bonds. The maximum atomic E-state index is 11.5. The molecule has 0 unspecified atom stereocenters. The molecule has 0 aliphatic heterocycles. The lowest BCUT2D eigenvalue weighted by atomic mass is 10.2. The van der Waals surface area contributed by atoms with Gasteiger partial charge in [0, 0.05) is 6.07 Å². The van der Waals surface area contributed by atoms with E-state index in [9.17, 15) is 4.79 Å². The maximum absolute atomic E-state index is 11.5. The minimum Gasteiger partial charge on any atom is -0.486 e. The summed E-state index contributed by atoms with van der Waals surface area (Å²) in [5.41, 5.74) is 1.32. The Morgan fingerprint density at radius 1 is 1.32 bits per heavy atom. The number of hydrogen-bond acceptors (Lipinski definition) is 5. The van der Waals surface area contributed by atoms with Gasteiger partial charge in [0.25, 0.3) is 0 Å². The van der Waals surface area contributed by atoms with E-state index in [-0.39, 0.29) is 5.97 Å². The van der Waals surface area contributed by atoms with Gasteiger partial charge in [-0.05, 0) is 38.1 Å². The standard InChI is InChI=1S/C14H15NO4/c1-3-17-14(16)11-4-6-12(7-5-11)18-9-13-8-10(2)15-19-13/h4-8H,3,9H2,1-2H3. The molecular weight excluding hydrogens is 246 g/mol. The van der Waals surface area contributed by atoms with E-state index in [2.05, 4.69) is 5.16 Å². The van der Waals surface area contributed by atoms with Gasteiger partial charge >= 0.3 is 5.97 Å². The molecule has 0 N–H and O–H groups in total. The Bertz CT molecular complexity index is 545. The first-order valence-corrected chi connectivity index (χ1v) is 6.01. The van der Waals surface area contributed by atoms with Crippen molar-refractivity contribution in [3.8, 4) is 5.75 Å². The zero-order valence-electron chi connectivity index (χ0n) is 10.9. The first-order chi connectivity index (χ1) is 9.19. The van der Waals surface area contributed by atoms with Crippen LogP contribution in [0.3, 0.4) is 0 Å². The van der Waals surface area contributed by atoms with Gasteiger partial charge in [-0.1, -0.05) is 5.16 Å². The minimum absolute atomic E-state index is 0.305. The number of rotatable bonds is 5. The minimum atomic E-state index is -0.333. The molecule has 19 heavy (non-hydrogen) atoms. The highest BCUT2D eigenvalue weighted by molar-refractivity contribution is 5.89. The number of benzene rings is 1. The average Bonchev–Trinajstić information content (AvgIpc) is 2.83. The Morgan fingerprint density at radius 2 is 2.05 bits per heavy atom. The van der Waals surface area contributed by atoms with Crippen molar-refractivity contribution in [1.29, 1.82) is 0 Å². The van der Waals surface area contributed by atoms with Gasteiger partial charge in [0.2, 0.25) is 0 Å². The average molecular weight is 261 g/mol. The predicted molar refractivity (Wildman–Crippen MR) is 68.0 cm³/mol. The third-order valence-electron chi connectivity index (χ3n) is 2.42. The molecule has 100 valence electrons. The molecule has 1 aromatic carbocycles. The van der Waals surface area contributed by atoms with Crippen molar-refractivity contribution in [2.75, 3.05) is 6.61 Å². The van der Waals surface area contributed by atoms with Crippen LogP contribution in [-0.2, 0) is 11.3 Å². The fourth-order valence-corrected chi connectivity index (χ4v) is 1.54. The number of hydrogen-bond donors (Lipinski definition) is 0. The second-order valence-corrected chi connectivity index (χ2v) is 3.97. The Balaban J connectivity index is 1.93. The van der Waals surface area contributed by atoms with Crippen molar-refractivity contribution in [3.63, 3.8) is 0 Å². The van der Waals surface area contributed by atoms with E-state index in [0.29, 0.717) is 30.3 Å². The van der Waals surface area contributed by atoms with Crippen LogP contribution in [0.4, 0.5) is 0 Å². The van der Waals surface area contributed by atoms with Gasteiger partial charge in [-0.25, -0.2) is 4.79 Å². The normalized spacial score (nSPS) is 10.2. The van der Waals surface area contributed by atoms with Crippen LogP contribution in [0.15, 0.2) is 34.9 Å². The summed E-state index contributed by atoms with van der Waals surface area (Å²) in [6.07, 6.45) is 0. The molecule has 2 rings (SSSR count). The van der Waals surface area contributed by atoms with Crippen molar-refractivity contribution in [3.05, 3.63) is 47.3 Å². The third kappa shape index (κ3) is 3.58. The molecule has 5 heteroatoms. The van der Waals surface area contributed by atoms with E-state index < -0.39 is 0 Å². The molecule has 2 aromatic rings. The van der Waals surface area contributed by atoms with Gasteiger partial charge in [-0.3, -0.25) is 0 Å². The summed E-state index contributed by atoms with van der Waals surface area (Å²) in [5, 5.41) is 3.77. The number of nitrogens with zero attached hydrogens (tertiary/aromatic N) is 1. The summed E-state index contributed by atoms with van der Waals surface area (Å²) in [6, 6.07) is 8.58. The molecule has 0 saturated carbocycles. The molecule has 0 spiro atoms. The van der Waals surface area contributed by atoms with Gasteiger partial charge in [-0.15, -0.1) is 0 Å². The number of ether oxygens (including phenoxy) is 2. The van der Waals surface area contributed by atoms with E-state index in [1.807, 2.05) is 13.0 Å². The number of aromatic nitrogens is 1. The van der Waals surface area contributed by atoms with Crippen LogP contribution in [0.1, 0.15) is 28.7 Å². The van der Waals surface area contributed by atoms with Crippen LogP contribution in [-0.4, -0.2) is 17.7 Å². The molecular formula is C14H15NO4. The number of carbonyl (C=O) groups is 1. The van der Waals surface area contributed by atoms with Gasteiger partial charge in [0.1, 0.15) is 12.4 Å². The second kappa shape index (κ2) is 6.04. The quantitative estimate of drug-likeness (QED) is 0.774. The Morgan fingerprint density at radius 3 is 2.63 bits per heavy atom. The molecule has 0 radical (unpaired) electrons. The predicted octanol–water partition coefficient (Wildman–Crippen LogP) is 2.74. The molecule has 0 aliphatic carbocycles. The zero-order chi connectivity index (χ0) is 13.7. The molecule has 0 fully saturated rings. The van der Waals surface area contributed by atoms with Crippen LogP contribution < -0.4 is 4.74 Å². The summed E-state index contributed by atoms with van der Waals surface area (Å²) in [7, 11) is 0. The van der Waals surface area contributed by atoms with E-state index >= 15 is 0 Å². The first-order valence-electron chi connectivity index (χ1n) is 6.01. The smallest absolute Gasteiger partial charge is 0.338 e. The lowest BCUT2D eigenvalue weighted by Gasteiger charge is -2.05. The SMILES string of the molecule is CCOC(=O)c1ccc(OCc2cc(C)no2)cc1. The van der Waals surface area contributed by atoms with Gasteiger partial charge in [-0.2, -0.15) is 0 Å². The summed E-state index contributed by atoms with van der Waals surface area (Å²) < 4.78 is 15.4. The Labute approximate surface area is 111 Å². The topological polar surface area (TPSA) is 61.6 Å². The van der Waals surface area contributed by atoms with Crippen LogP contribution in [0, 0.1) is 6.92 Å². The van der Waals surface area contributed by atoms with Crippen LogP contribution in [0.25, 0.3) is 0 Å². The van der Waals surface area contributed by atoms with Gasteiger partial charge in [0.15, 0.2) is 5.76 Å². The van der Waals surface area contributed by atoms with Crippen molar-refractivity contribution in [2.24, 2.45) is 0 Å². The molecule has 0 atom stereocenters. The first kappa shape index (κ1) is 13.1. The van der Waals surface area contributed by atoms with Gasteiger partial charge < -0.3 is 14.0 Å². The molecule has 0 aliphatic rings. The molecule has 1 heterocycles. The highest BCUT2D eigenvalue weighted by Crippen LogP contribution is 2.15. The lowest BCUT2D eigenvalue weighted by Crippen LogP contribution is -2.04. The Hall–Kier alpha value is -2.30. The Kier molecular flexibility index (Phi) is 4.18. The summed E-state index contributed by atoms with van der Waals surface area (Å²) in [4.78, 5) is 11.5. The van der Waals surface area contributed by atoms with Gasteiger partial charge in [0.05, 0.1) is 17.9 Å². The fourth-order valence-electron chi connectivity index (χ4n) is 1.54. The molecule has 0 saturated heterocycles. The number of esters is 1. The second-order valence-electron chi connectivity index (χ2n) is 3.97. The van der Waals surface area contributed by atoms with Crippen molar-refractivity contribution >= 4 is 5.97 Å². The highest BCUT2D eigenvalue weighted by atomic mass is 16.5. The largest absolute Gasteiger partial charge is 0.486 e. The van der Waals surface area contributed by atoms with E-state index in [0.717, 1.165) is 5.69 Å². The fraction of sp³-hybridized carbons (Fsp3) is 0.286. The van der Waals surface area contributed by atoms with Crippen LogP contribution in [0.5, 0.6) is 5.75 Å². The molecule has 0 bridgehead atoms. The van der Waals surface area contributed by atoms with Crippen LogP contribution >= 0.6 is 0 Å². The summed E-state index contributed by atoms with van der Waals surface area (Å²) in [5.74, 6) is 0.981. The maximum Gasteiger partial charge on any atom is 0.338 e. The van der Waals surface area contributed by atoms with Crippen molar-refractivity contribution < 1.29 is 18.8 Å². The van der Waals surface area contributed by atoms with E-state index in [4.69, 9.17) is 14.0 Å². The molecule has 1 aromatic heterocycles. The zero-order valence-corrected chi connectivity index (χ0v) is 10.9. The van der Waals surface area contributed by atoms with Crippen molar-refractivity contribution in [1.82, 2.24) is 5.16 Å². The third-order valence-corrected chi connectivity index (χ3v) is 2.42. The van der Waals surface area contributed by atoms with Crippen LogP contribution in [0.2, 0.25) is 0 Å². The molecule has 5 nitrogen and oxygen atoms in total. The highest BCUT2D eigenvalue weighted by Gasteiger charge is 2.06. The summed E-state index contributed by atoms with van der Waals surface area (Å²) >= 11 is 0. The van der Waals surface area contributed by atoms with Crippen molar-refractivity contribution in [2.45, 2.75) is 20.5 Å².